The monoisotopic (exact) mass is 381 g/mol. The quantitative estimate of drug-likeness (QED) is 0.521. The van der Waals surface area contributed by atoms with Crippen molar-refractivity contribution < 1.29 is 14.3 Å². The highest BCUT2D eigenvalue weighted by atomic mass is 32.2. The van der Waals surface area contributed by atoms with Crippen LogP contribution in [0.15, 0.2) is 23.1 Å². The lowest BCUT2D eigenvalue weighted by atomic mass is 10.3. The number of benzene rings is 1. The van der Waals surface area contributed by atoms with Crippen LogP contribution in [0.3, 0.4) is 0 Å². The lowest BCUT2D eigenvalue weighted by molar-refractivity contribution is -0.120. The van der Waals surface area contributed by atoms with E-state index in [0.717, 1.165) is 50.6 Å². The third-order valence-corrected chi connectivity index (χ3v) is 5.68. The molecule has 0 radical (unpaired) electrons. The summed E-state index contributed by atoms with van der Waals surface area (Å²) in [5.74, 6) is 1.44. The zero-order chi connectivity index (χ0) is 18.9. The van der Waals surface area contributed by atoms with Gasteiger partial charge in [0.15, 0.2) is 11.5 Å². The Hall–Kier alpha value is -1.44. The zero-order valence-corrected chi connectivity index (χ0v) is 17.1. The van der Waals surface area contributed by atoms with Crippen molar-refractivity contribution >= 4 is 17.7 Å². The van der Waals surface area contributed by atoms with Gasteiger partial charge in [0.25, 0.3) is 0 Å². The maximum absolute atomic E-state index is 12.3. The Morgan fingerprint density at radius 1 is 1.19 bits per heavy atom. The molecule has 6 nitrogen and oxygen atoms in total. The summed E-state index contributed by atoms with van der Waals surface area (Å²) in [5.41, 5.74) is 0. The van der Waals surface area contributed by atoms with Gasteiger partial charge in [0.2, 0.25) is 5.91 Å². The second kappa shape index (κ2) is 10.6. The first-order chi connectivity index (χ1) is 12.5. The molecule has 0 spiro atoms. The topological polar surface area (TPSA) is 54.0 Å². The van der Waals surface area contributed by atoms with Crippen LogP contribution < -0.4 is 14.8 Å². The van der Waals surface area contributed by atoms with Crippen molar-refractivity contribution in [1.29, 1.82) is 0 Å². The number of piperazine rings is 1. The van der Waals surface area contributed by atoms with Gasteiger partial charge >= 0.3 is 0 Å². The van der Waals surface area contributed by atoms with Crippen molar-refractivity contribution in [2.45, 2.75) is 23.5 Å². The molecule has 1 aromatic rings. The van der Waals surface area contributed by atoms with Gasteiger partial charge in [-0.2, -0.15) is 0 Å². The normalized spacial score (nSPS) is 16.9. The van der Waals surface area contributed by atoms with Gasteiger partial charge in [-0.25, -0.2) is 0 Å². The summed E-state index contributed by atoms with van der Waals surface area (Å²) < 4.78 is 10.6. The number of methoxy groups -OCH3 is 2. The molecule has 26 heavy (non-hydrogen) atoms. The molecule has 0 saturated carbocycles. The maximum atomic E-state index is 12.3. The maximum Gasteiger partial charge on any atom is 0.233 e. The molecule has 1 aliphatic rings. The Balaban J connectivity index is 1.70. The largest absolute Gasteiger partial charge is 0.493 e. The highest BCUT2D eigenvalue weighted by Crippen LogP contribution is 2.33. The summed E-state index contributed by atoms with van der Waals surface area (Å²) in [4.78, 5) is 18.1. The fourth-order valence-corrected chi connectivity index (χ4v) is 3.80. The van der Waals surface area contributed by atoms with E-state index < -0.39 is 0 Å². The predicted octanol–water partition coefficient (Wildman–Crippen LogP) is 1.94. The Morgan fingerprint density at radius 3 is 2.54 bits per heavy atom. The van der Waals surface area contributed by atoms with Crippen LogP contribution >= 0.6 is 11.8 Å². The van der Waals surface area contributed by atoms with Crippen molar-refractivity contribution in [3.05, 3.63) is 18.2 Å². The van der Waals surface area contributed by atoms with Crippen molar-refractivity contribution in [2.24, 2.45) is 0 Å². The number of amides is 1. The van der Waals surface area contributed by atoms with Crippen LogP contribution in [0.1, 0.15) is 13.3 Å². The second-order valence-electron chi connectivity index (χ2n) is 6.57. The minimum atomic E-state index is -0.156. The number of thioether (sulfide) groups is 1. The van der Waals surface area contributed by atoms with Crippen molar-refractivity contribution in [3.8, 4) is 11.5 Å². The fourth-order valence-electron chi connectivity index (χ4n) is 2.88. The molecule has 1 aromatic carbocycles. The standard InChI is InChI=1S/C19H31N3O3S/c1-15(26-16-6-7-17(24-3)18(14-16)25-4)19(23)20-8-5-9-22-12-10-21(2)11-13-22/h6-7,14-15H,5,8-13H2,1-4H3,(H,20,23)/t15-/m1/s1. The molecule has 146 valence electrons. The number of carbonyl (C=O) groups excluding carboxylic acids is 1. The smallest absolute Gasteiger partial charge is 0.233 e. The molecule has 0 bridgehead atoms. The van der Waals surface area contributed by atoms with E-state index in [0.29, 0.717) is 11.5 Å². The number of ether oxygens (including phenoxy) is 2. The van der Waals surface area contributed by atoms with E-state index in [9.17, 15) is 4.79 Å². The Bertz CT molecular complexity index is 577. The van der Waals surface area contributed by atoms with Crippen LogP contribution in [0.25, 0.3) is 0 Å². The average Bonchev–Trinajstić information content (AvgIpc) is 2.66. The number of hydrogen-bond donors (Lipinski definition) is 1. The second-order valence-corrected chi connectivity index (χ2v) is 7.98. The summed E-state index contributed by atoms with van der Waals surface area (Å²) in [5, 5.41) is 2.89. The van der Waals surface area contributed by atoms with E-state index in [-0.39, 0.29) is 11.2 Å². The summed E-state index contributed by atoms with van der Waals surface area (Å²) in [6.45, 7) is 8.20. The van der Waals surface area contributed by atoms with Gasteiger partial charge < -0.3 is 24.6 Å². The van der Waals surface area contributed by atoms with E-state index in [2.05, 4.69) is 22.2 Å². The zero-order valence-electron chi connectivity index (χ0n) is 16.3. The third-order valence-electron chi connectivity index (χ3n) is 4.58. The number of hydrogen-bond acceptors (Lipinski definition) is 6. The average molecular weight is 382 g/mol. The van der Waals surface area contributed by atoms with Gasteiger partial charge in [-0.05, 0) is 45.1 Å². The lowest BCUT2D eigenvalue weighted by Crippen LogP contribution is -2.45. The highest BCUT2D eigenvalue weighted by Gasteiger charge is 2.16. The first-order valence-corrected chi connectivity index (χ1v) is 9.98. The summed E-state index contributed by atoms with van der Waals surface area (Å²) in [6.07, 6.45) is 0.989. The SMILES string of the molecule is COc1ccc(S[C@H](C)C(=O)NCCCN2CCN(C)CC2)cc1OC. The lowest BCUT2D eigenvalue weighted by Gasteiger charge is -2.32. The van der Waals surface area contributed by atoms with Crippen LogP contribution in [0.5, 0.6) is 11.5 Å². The van der Waals surface area contributed by atoms with Crippen molar-refractivity contribution in [2.75, 3.05) is 60.5 Å². The number of likely N-dealkylation sites (N-methyl/N-ethyl adjacent to an activating group) is 1. The Kier molecular flexibility index (Phi) is 8.54. The number of rotatable bonds is 9. The molecule has 1 heterocycles. The summed E-state index contributed by atoms with van der Waals surface area (Å²) >= 11 is 1.52. The van der Waals surface area contributed by atoms with Gasteiger partial charge in [-0.1, -0.05) is 0 Å². The van der Waals surface area contributed by atoms with E-state index in [1.54, 1.807) is 14.2 Å². The van der Waals surface area contributed by atoms with Crippen LogP contribution in [0.2, 0.25) is 0 Å². The number of carbonyl (C=O) groups is 1. The van der Waals surface area contributed by atoms with Crippen LogP contribution in [-0.4, -0.2) is 81.5 Å². The van der Waals surface area contributed by atoms with Crippen LogP contribution in [0.4, 0.5) is 0 Å². The minimum Gasteiger partial charge on any atom is -0.493 e. The van der Waals surface area contributed by atoms with Crippen molar-refractivity contribution in [1.82, 2.24) is 15.1 Å². The van der Waals surface area contributed by atoms with E-state index in [1.807, 2.05) is 25.1 Å². The molecule has 1 amide bonds. The van der Waals surface area contributed by atoms with E-state index >= 15 is 0 Å². The van der Waals surface area contributed by atoms with Gasteiger partial charge in [-0.15, -0.1) is 11.8 Å². The molecule has 1 N–H and O–H groups in total. The predicted molar refractivity (Wildman–Crippen MR) is 106 cm³/mol. The fraction of sp³-hybridized carbons (Fsp3) is 0.632. The third kappa shape index (κ3) is 6.37. The van der Waals surface area contributed by atoms with E-state index in [1.165, 1.54) is 11.8 Å². The summed E-state index contributed by atoms with van der Waals surface area (Å²) in [6, 6.07) is 5.71. The van der Waals surface area contributed by atoms with Gasteiger partial charge in [0.1, 0.15) is 0 Å². The first-order valence-electron chi connectivity index (χ1n) is 9.10. The first kappa shape index (κ1) is 20.9. The number of nitrogens with one attached hydrogen (secondary N) is 1. The molecular weight excluding hydrogens is 350 g/mol. The molecular formula is C19H31N3O3S. The van der Waals surface area contributed by atoms with Crippen LogP contribution in [0, 0.1) is 0 Å². The van der Waals surface area contributed by atoms with Crippen molar-refractivity contribution in [3.63, 3.8) is 0 Å². The minimum absolute atomic E-state index is 0.0724. The Morgan fingerprint density at radius 2 is 1.88 bits per heavy atom. The molecule has 7 heteroatoms. The molecule has 0 aromatic heterocycles. The van der Waals surface area contributed by atoms with Gasteiger partial charge in [-0.3, -0.25) is 4.79 Å². The molecule has 2 rings (SSSR count). The van der Waals surface area contributed by atoms with Crippen LogP contribution in [-0.2, 0) is 4.79 Å². The summed E-state index contributed by atoms with van der Waals surface area (Å²) in [7, 11) is 5.39. The Labute approximate surface area is 161 Å². The molecule has 1 saturated heterocycles. The van der Waals surface area contributed by atoms with Gasteiger partial charge in [0, 0.05) is 37.6 Å². The van der Waals surface area contributed by atoms with Gasteiger partial charge in [0.05, 0.1) is 19.5 Å². The molecule has 1 fully saturated rings. The highest BCUT2D eigenvalue weighted by molar-refractivity contribution is 8.00. The molecule has 0 aliphatic carbocycles. The number of nitrogens with zero attached hydrogens (tertiary/aromatic N) is 2. The molecule has 1 atom stereocenters. The molecule has 0 unspecified atom stereocenters. The van der Waals surface area contributed by atoms with E-state index in [4.69, 9.17) is 9.47 Å². The molecule has 1 aliphatic heterocycles.